The minimum Gasteiger partial charge on any atom is -0.458 e. The van der Waals surface area contributed by atoms with Crippen molar-refractivity contribution < 1.29 is 28.7 Å². The third kappa shape index (κ3) is 6.12. The van der Waals surface area contributed by atoms with Crippen LogP contribution in [-0.4, -0.2) is 55.7 Å². The lowest BCUT2D eigenvalue weighted by Gasteiger charge is -2.48. The monoisotopic (exact) mass is 622 g/mol. The molecular formula is C28H25Cl3N2O6S. The fourth-order valence-corrected chi connectivity index (χ4v) is 6.47. The molecule has 2 aliphatic heterocycles. The number of β-lactam (4-membered cyclic amide) rings is 1. The van der Waals surface area contributed by atoms with E-state index in [9.17, 15) is 19.2 Å². The van der Waals surface area contributed by atoms with Crippen LogP contribution in [0.4, 0.5) is 0 Å². The number of amides is 2. The van der Waals surface area contributed by atoms with Crippen LogP contribution in [0.2, 0.25) is 0 Å². The topological polar surface area (TPSA) is 102 Å². The van der Waals surface area contributed by atoms with E-state index < -0.39 is 51.5 Å². The average molecular weight is 624 g/mol. The number of nitrogens with zero attached hydrogens (tertiary/aromatic N) is 1. The Kier molecular flexibility index (Phi) is 8.38. The molecule has 8 nitrogen and oxygen atoms in total. The second-order valence-electron chi connectivity index (χ2n) is 9.73. The second kappa shape index (κ2) is 11.6. The van der Waals surface area contributed by atoms with Gasteiger partial charge in [0.1, 0.15) is 23.8 Å². The molecule has 210 valence electrons. The Balaban J connectivity index is 1.29. The summed E-state index contributed by atoms with van der Waals surface area (Å²) < 4.78 is 8.95. The zero-order valence-corrected chi connectivity index (χ0v) is 24.4. The molecule has 4 atom stereocenters. The normalized spacial score (nSPS) is 22.3. The van der Waals surface area contributed by atoms with Gasteiger partial charge in [-0.3, -0.25) is 14.4 Å². The van der Waals surface area contributed by atoms with Crippen molar-refractivity contribution in [2.75, 3.05) is 6.61 Å². The van der Waals surface area contributed by atoms with Crippen molar-refractivity contribution in [2.45, 2.75) is 52.6 Å². The summed E-state index contributed by atoms with van der Waals surface area (Å²) in [7, 11) is 0. The van der Waals surface area contributed by atoms with Crippen LogP contribution >= 0.6 is 46.6 Å². The number of rotatable bonds is 7. The van der Waals surface area contributed by atoms with E-state index in [1.54, 1.807) is 43.3 Å². The summed E-state index contributed by atoms with van der Waals surface area (Å²) >= 11 is 18.3. The fraction of sp³-hybridized carbons (Fsp3) is 0.357. The number of carbonyl (C=O) groups is 4. The van der Waals surface area contributed by atoms with E-state index in [1.165, 1.54) is 28.4 Å². The highest BCUT2D eigenvalue weighted by molar-refractivity contribution is 8.00. The molecule has 2 heterocycles. The average Bonchev–Trinajstić information content (AvgIpc) is 3.38. The Labute approximate surface area is 250 Å². The van der Waals surface area contributed by atoms with Crippen molar-refractivity contribution in [3.63, 3.8) is 0 Å². The number of nitrogens with one attached hydrogen (secondary N) is 1. The SMILES string of the molecule is CC1S[C@@H]2C(NC(=O)C(C(=O)Oc3ccc4c(c3)CCC4)c3ccccc3)C(=O)N2C=C1C(=O)OCC(Cl)(Cl)Cl. The molecule has 0 aromatic heterocycles. The molecule has 1 aliphatic carbocycles. The highest BCUT2D eigenvalue weighted by atomic mass is 35.6. The van der Waals surface area contributed by atoms with Crippen LogP contribution in [-0.2, 0) is 36.8 Å². The van der Waals surface area contributed by atoms with E-state index in [2.05, 4.69) is 5.32 Å². The molecule has 0 bridgehead atoms. The van der Waals surface area contributed by atoms with Gasteiger partial charge in [0.2, 0.25) is 9.70 Å². The van der Waals surface area contributed by atoms with Crippen molar-refractivity contribution in [1.82, 2.24) is 10.2 Å². The summed E-state index contributed by atoms with van der Waals surface area (Å²) in [6.45, 7) is 1.33. The van der Waals surface area contributed by atoms with Gasteiger partial charge in [0.15, 0.2) is 5.92 Å². The molecule has 3 unspecified atom stereocenters. The number of benzene rings is 2. The van der Waals surface area contributed by atoms with Crippen molar-refractivity contribution in [3.05, 3.63) is 77.0 Å². The van der Waals surface area contributed by atoms with Gasteiger partial charge in [-0.1, -0.05) is 71.2 Å². The number of hydrogen-bond donors (Lipinski definition) is 1. The van der Waals surface area contributed by atoms with Gasteiger partial charge in [-0.15, -0.1) is 11.8 Å². The van der Waals surface area contributed by atoms with Crippen LogP contribution in [0.5, 0.6) is 5.75 Å². The molecule has 2 aromatic rings. The first-order valence-electron chi connectivity index (χ1n) is 12.6. The van der Waals surface area contributed by atoms with E-state index in [1.807, 2.05) is 12.1 Å². The van der Waals surface area contributed by atoms with Gasteiger partial charge < -0.3 is 19.7 Å². The van der Waals surface area contributed by atoms with Crippen LogP contribution < -0.4 is 10.1 Å². The van der Waals surface area contributed by atoms with Crippen molar-refractivity contribution in [2.24, 2.45) is 0 Å². The number of aryl methyl sites for hydroxylation is 2. The molecule has 1 fully saturated rings. The molecular weight excluding hydrogens is 599 g/mol. The van der Waals surface area contributed by atoms with E-state index >= 15 is 0 Å². The summed E-state index contributed by atoms with van der Waals surface area (Å²) in [4.78, 5) is 53.7. The maximum atomic E-state index is 13.5. The van der Waals surface area contributed by atoms with Crippen molar-refractivity contribution >= 4 is 70.3 Å². The Hall–Kier alpha value is -2.72. The number of hydrogen-bond acceptors (Lipinski definition) is 7. The molecule has 2 aromatic carbocycles. The smallest absolute Gasteiger partial charge is 0.336 e. The molecule has 0 radical (unpaired) electrons. The quantitative estimate of drug-likeness (QED) is 0.160. The van der Waals surface area contributed by atoms with Gasteiger partial charge in [-0.2, -0.15) is 0 Å². The minimum absolute atomic E-state index is 0.230. The Morgan fingerprint density at radius 2 is 1.82 bits per heavy atom. The van der Waals surface area contributed by atoms with Gasteiger partial charge in [0.05, 0.1) is 5.57 Å². The second-order valence-corrected chi connectivity index (χ2v) is 13.7. The third-order valence-electron chi connectivity index (χ3n) is 6.96. The standard InChI is InChI=1S/C28H25Cl3N2O6S/c1-15-20(26(36)38-14-28(29,30)31)13-33-24(35)22(25(33)40-15)32-23(34)21(17-6-3-2-4-7-17)27(37)39-19-11-10-16-8-5-9-18(16)12-19/h2-4,6-7,10-13,15,21-22,25H,5,8-9,14H2,1H3,(H,32,34)/t15?,21?,22?,25-/m1/s1. The van der Waals surface area contributed by atoms with Gasteiger partial charge in [-0.25, -0.2) is 4.79 Å². The third-order valence-corrected chi connectivity index (χ3v) is 8.73. The Morgan fingerprint density at radius 1 is 1.10 bits per heavy atom. The summed E-state index contributed by atoms with van der Waals surface area (Å²) in [5, 5.41) is 1.89. The molecule has 40 heavy (non-hydrogen) atoms. The zero-order chi connectivity index (χ0) is 28.6. The number of thioether (sulfide) groups is 1. The molecule has 1 N–H and O–H groups in total. The number of carbonyl (C=O) groups excluding carboxylic acids is 4. The van der Waals surface area contributed by atoms with Gasteiger partial charge in [0, 0.05) is 11.4 Å². The fourth-order valence-electron chi connectivity index (χ4n) is 4.95. The first-order chi connectivity index (χ1) is 19.0. The Morgan fingerprint density at radius 3 is 2.55 bits per heavy atom. The Bertz CT molecular complexity index is 1380. The van der Waals surface area contributed by atoms with Crippen LogP contribution in [0, 0.1) is 0 Å². The number of esters is 2. The number of fused-ring (bicyclic) bond motifs is 2. The van der Waals surface area contributed by atoms with E-state index in [0.717, 1.165) is 24.8 Å². The number of halogens is 3. The van der Waals surface area contributed by atoms with Gasteiger partial charge >= 0.3 is 11.9 Å². The van der Waals surface area contributed by atoms with E-state index in [0.29, 0.717) is 11.3 Å². The highest BCUT2D eigenvalue weighted by Crippen LogP contribution is 2.41. The number of ether oxygens (including phenoxy) is 2. The maximum Gasteiger partial charge on any atom is 0.336 e. The lowest BCUT2D eigenvalue weighted by molar-refractivity contribution is -0.148. The van der Waals surface area contributed by atoms with E-state index in [4.69, 9.17) is 44.3 Å². The highest BCUT2D eigenvalue weighted by Gasteiger charge is 2.52. The predicted molar refractivity (Wildman–Crippen MR) is 152 cm³/mol. The predicted octanol–water partition coefficient (Wildman–Crippen LogP) is 4.45. The first kappa shape index (κ1) is 28.8. The van der Waals surface area contributed by atoms with Crippen LogP contribution in [0.15, 0.2) is 60.3 Å². The lowest BCUT2D eigenvalue weighted by atomic mass is 9.96. The molecule has 2 amide bonds. The molecule has 1 saturated heterocycles. The molecule has 0 spiro atoms. The largest absolute Gasteiger partial charge is 0.458 e. The molecule has 3 aliphatic rings. The number of alkyl halides is 3. The van der Waals surface area contributed by atoms with Gasteiger partial charge in [-0.05, 0) is 55.0 Å². The minimum atomic E-state index is -1.76. The van der Waals surface area contributed by atoms with E-state index in [-0.39, 0.29) is 10.8 Å². The van der Waals surface area contributed by atoms with Crippen molar-refractivity contribution in [3.8, 4) is 5.75 Å². The summed E-state index contributed by atoms with van der Waals surface area (Å²) in [6, 6.07) is 13.2. The van der Waals surface area contributed by atoms with Crippen molar-refractivity contribution in [1.29, 1.82) is 0 Å². The van der Waals surface area contributed by atoms with Crippen LogP contribution in [0.3, 0.4) is 0 Å². The maximum absolute atomic E-state index is 13.5. The van der Waals surface area contributed by atoms with Crippen LogP contribution in [0.1, 0.15) is 36.0 Å². The molecule has 12 heteroatoms. The van der Waals surface area contributed by atoms with Crippen LogP contribution in [0.25, 0.3) is 0 Å². The first-order valence-corrected chi connectivity index (χ1v) is 14.7. The van der Waals surface area contributed by atoms with Gasteiger partial charge in [0.25, 0.3) is 5.91 Å². The summed E-state index contributed by atoms with van der Waals surface area (Å²) in [6.07, 6.45) is 4.37. The zero-order valence-electron chi connectivity index (χ0n) is 21.3. The lowest BCUT2D eigenvalue weighted by Crippen LogP contribution is -2.69. The summed E-state index contributed by atoms with van der Waals surface area (Å²) in [5.41, 5.74) is 3.05. The molecule has 5 rings (SSSR count). The molecule has 0 saturated carbocycles. The summed E-state index contributed by atoms with van der Waals surface area (Å²) in [5.74, 6) is -3.44.